The van der Waals surface area contributed by atoms with Crippen molar-refractivity contribution < 1.29 is 42.6 Å². The summed E-state index contributed by atoms with van der Waals surface area (Å²) in [7, 11) is -0.972. The predicted molar refractivity (Wildman–Crippen MR) is 194 cm³/mol. The molecule has 0 aliphatic rings. The van der Waals surface area contributed by atoms with Crippen LogP contribution in [0.2, 0.25) is 18.1 Å². The van der Waals surface area contributed by atoms with Crippen LogP contribution in [0.15, 0.2) is 72.9 Å². The van der Waals surface area contributed by atoms with Gasteiger partial charge < -0.3 is 23.4 Å². The van der Waals surface area contributed by atoms with Gasteiger partial charge in [0.25, 0.3) is 0 Å². The minimum absolute atomic E-state index is 0.0405. The van der Waals surface area contributed by atoms with Crippen molar-refractivity contribution in [2.24, 2.45) is 0 Å². The van der Waals surface area contributed by atoms with E-state index in [0.717, 1.165) is 50.7 Å². The fourth-order valence-electron chi connectivity index (χ4n) is 3.51. The van der Waals surface area contributed by atoms with Crippen molar-refractivity contribution in [1.82, 2.24) is 0 Å². The summed E-state index contributed by atoms with van der Waals surface area (Å²) in [6.45, 7) is 12.4. The van der Waals surface area contributed by atoms with Gasteiger partial charge in [0.15, 0.2) is 14.4 Å². The standard InChI is InChI=1S/C38H60O9Si/c1-8-9-10-11-12-13-14-15-16-17-18-19-20-21-22-23-24-26-35(40)44-30-25-27-36(41)45-31-33(32-46-48(6,7)38(2,3)4)47-37(42)29-28-34(39)43-5/h9-10,12-13,15-16,18-19,21-22,28-29,33H,8,11,14,17,20,23-27,30-32H2,1-7H3/b10-9-,13-12-,16-15-,19-18-,22-21-,29-28+. The molecule has 0 aromatic rings. The molecule has 1 atom stereocenters. The molecule has 0 aliphatic heterocycles. The highest BCUT2D eigenvalue weighted by atomic mass is 28.4. The number of carbonyl (C=O) groups excluding carboxylic acids is 4. The lowest BCUT2D eigenvalue weighted by atomic mass is 10.2. The highest BCUT2D eigenvalue weighted by Crippen LogP contribution is 2.36. The Morgan fingerprint density at radius 1 is 0.667 bits per heavy atom. The molecule has 0 fully saturated rings. The molecule has 0 aromatic carbocycles. The Kier molecular flexibility index (Phi) is 25.4. The van der Waals surface area contributed by atoms with Gasteiger partial charge in [0, 0.05) is 25.0 Å². The van der Waals surface area contributed by atoms with E-state index in [1.165, 1.54) is 7.11 Å². The number of carbonyl (C=O) groups is 4. The molecular formula is C38H60O9Si. The van der Waals surface area contributed by atoms with E-state index >= 15 is 0 Å². The molecule has 0 spiro atoms. The van der Waals surface area contributed by atoms with Crippen LogP contribution in [-0.4, -0.2) is 65.2 Å². The quantitative estimate of drug-likeness (QED) is 0.0233. The van der Waals surface area contributed by atoms with Crippen molar-refractivity contribution in [3.8, 4) is 0 Å². The van der Waals surface area contributed by atoms with E-state index in [4.69, 9.17) is 18.6 Å². The molecule has 0 amide bonds. The van der Waals surface area contributed by atoms with Crippen molar-refractivity contribution in [2.45, 2.75) is 116 Å². The van der Waals surface area contributed by atoms with Crippen LogP contribution in [0, 0.1) is 0 Å². The molecule has 0 radical (unpaired) electrons. The number of unbranched alkanes of at least 4 members (excludes halogenated alkanes) is 1. The minimum atomic E-state index is -2.17. The smallest absolute Gasteiger partial charge is 0.331 e. The lowest BCUT2D eigenvalue weighted by Crippen LogP contribution is -2.44. The fourth-order valence-corrected chi connectivity index (χ4v) is 4.54. The van der Waals surface area contributed by atoms with E-state index in [0.29, 0.717) is 19.3 Å². The van der Waals surface area contributed by atoms with Gasteiger partial charge in [-0.25, -0.2) is 9.59 Å². The van der Waals surface area contributed by atoms with E-state index < -0.39 is 32.3 Å². The summed E-state index contributed by atoms with van der Waals surface area (Å²) >= 11 is 0. The Hall–Kier alpha value is -3.50. The Bertz CT molecular complexity index is 1110. The average molecular weight is 689 g/mol. The second-order valence-electron chi connectivity index (χ2n) is 12.6. The van der Waals surface area contributed by atoms with Gasteiger partial charge in [0.1, 0.15) is 6.61 Å². The minimum Gasteiger partial charge on any atom is -0.466 e. The van der Waals surface area contributed by atoms with Crippen LogP contribution in [0.25, 0.3) is 0 Å². The normalized spacial score (nSPS) is 13.4. The third-order valence-corrected chi connectivity index (χ3v) is 11.9. The maximum atomic E-state index is 12.3. The summed E-state index contributed by atoms with van der Waals surface area (Å²) in [6, 6.07) is 0. The summed E-state index contributed by atoms with van der Waals surface area (Å²) in [6.07, 6.45) is 29.5. The number of esters is 4. The van der Waals surface area contributed by atoms with Crippen LogP contribution >= 0.6 is 0 Å². The summed E-state index contributed by atoms with van der Waals surface area (Å²) in [4.78, 5) is 47.8. The van der Waals surface area contributed by atoms with Crippen LogP contribution in [0.3, 0.4) is 0 Å². The van der Waals surface area contributed by atoms with Crippen molar-refractivity contribution in [1.29, 1.82) is 0 Å². The number of allylic oxidation sites excluding steroid dienone is 10. The maximum Gasteiger partial charge on any atom is 0.331 e. The van der Waals surface area contributed by atoms with E-state index in [1.807, 2.05) is 0 Å². The van der Waals surface area contributed by atoms with Gasteiger partial charge in [-0.1, -0.05) is 88.5 Å². The van der Waals surface area contributed by atoms with Gasteiger partial charge in [-0.15, -0.1) is 0 Å². The molecule has 0 heterocycles. The van der Waals surface area contributed by atoms with Crippen LogP contribution in [0.5, 0.6) is 0 Å². The van der Waals surface area contributed by atoms with Gasteiger partial charge in [-0.3, -0.25) is 9.59 Å². The van der Waals surface area contributed by atoms with Crippen LogP contribution in [0.1, 0.15) is 91.9 Å². The van der Waals surface area contributed by atoms with E-state index in [2.05, 4.69) is 106 Å². The zero-order valence-electron chi connectivity index (χ0n) is 30.4. The summed E-state index contributed by atoms with van der Waals surface area (Å²) in [5.74, 6) is -2.29. The zero-order valence-corrected chi connectivity index (χ0v) is 31.4. The first-order valence-electron chi connectivity index (χ1n) is 17.0. The molecule has 0 aliphatic carbocycles. The lowest BCUT2D eigenvalue weighted by Gasteiger charge is -2.37. The predicted octanol–water partition coefficient (Wildman–Crippen LogP) is 8.44. The number of rotatable bonds is 25. The lowest BCUT2D eigenvalue weighted by molar-refractivity contribution is -0.158. The summed E-state index contributed by atoms with van der Waals surface area (Å²) in [5.41, 5.74) is 0. The highest BCUT2D eigenvalue weighted by Gasteiger charge is 2.38. The molecule has 48 heavy (non-hydrogen) atoms. The van der Waals surface area contributed by atoms with Crippen molar-refractivity contribution >= 4 is 32.2 Å². The first-order valence-corrected chi connectivity index (χ1v) is 19.9. The SMILES string of the molecule is CC/C=C\C/C=C\C/C=C\C/C=C\C/C=C\CCCC(=O)OCCCC(=O)OCC(CO[Si](C)(C)C(C)(C)C)OC(=O)/C=C/C(=O)OC. The Morgan fingerprint density at radius 2 is 1.17 bits per heavy atom. The van der Waals surface area contributed by atoms with E-state index in [-0.39, 0.29) is 37.2 Å². The van der Waals surface area contributed by atoms with Crippen LogP contribution < -0.4 is 0 Å². The van der Waals surface area contributed by atoms with E-state index in [9.17, 15) is 19.2 Å². The van der Waals surface area contributed by atoms with Gasteiger partial charge in [-0.05, 0) is 69.5 Å². The third kappa shape index (κ3) is 25.6. The molecule has 0 N–H and O–H groups in total. The first-order chi connectivity index (χ1) is 22.8. The zero-order chi connectivity index (χ0) is 36.1. The number of methoxy groups -OCH3 is 1. The van der Waals surface area contributed by atoms with Gasteiger partial charge in [0.2, 0.25) is 0 Å². The number of hydrogen-bond donors (Lipinski definition) is 0. The first kappa shape index (κ1) is 44.5. The topological polar surface area (TPSA) is 114 Å². The molecule has 10 heteroatoms. The van der Waals surface area contributed by atoms with Crippen LogP contribution in [0.4, 0.5) is 0 Å². The number of ether oxygens (including phenoxy) is 4. The fraction of sp³-hybridized carbons (Fsp3) is 0.579. The molecule has 0 saturated heterocycles. The maximum absolute atomic E-state index is 12.3. The van der Waals surface area contributed by atoms with Crippen molar-refractivity contribution in [2.75, 3.05) is 26.9 Å². The molecule has 9 nitrogen and oxygen atoms in total. The molecule has 270 valence electrons. The summed E-state index contributed by atoms with van der Waals surface area (Å²) < 4.78 is 26.6. The molecule has 0 rings (SSSR count). The Balaban J connectivity index is 4.26. The Morgan fingerprint density at radius 3 is 1.71 bits per heavy atom. The summed E-state index contributed by atoms with van der Waals surface area (Å²) in [5, 5.41) is -0.0733. The molecule has 0 saturated carbocycles. The second-order valence-corrected chi connectivity index (χ2v) is 17.4. The van der Waals surface area contributed by atoms with Crippen molar-refractivity contribution in [3.63, 3.8) is 0 Å². The van der Waals surface area contributed by atoms with Gasteiger partial charge in [-0.2, -0.15) is 0 Å². The largest absolute Gasteiger partial charge is 0.466 e. The van der Waals surface area contributed by atoms with Gasteiger partial charge in [0.05, 0.1) is 20.3 Å². The second kappa shape index (κ2) is 27.4. The number of hydrogen-bond acceptors (Lipinski definition) is 9. The van der Waals surface area contributed by atoms with Gasteiger partial charge >= 0.3 is 23.9 Å². The Labute approximate surface area is 290 Å². The van der Waals surface area contributed by atoms with Crippen molar-refractivity contribution in [3.05, 3.63) is 72.9 Å². The third-order valence-electron chi connectivity index (χ3n) is 7.40. The highest BCUT2D eigenvalue weighted by molar-refractivity contribution is 6.74. The van der Waals surface area contributed by atoms with E-state index in [1.54, 1.807) is 0 Å². The molecular weight excluding hydrogens is 628 g/mol. The molecule has 0 bridgehead atoms. The molecule has 0 aromatic heterocycles. The monoisotopic (exact) mass is 688 g/mol. The average Bonchev–Trinajstić information content (AvgIpc) is 3.04. The van der Waals surface area contributed by atoms with Crippen LogP contribution in [-0.2, 0) is 42.6 Å². The molecule has 1 unspecified atom stereocenters.